The first-order chi connectivity index (χ1) is 10.6. The summed E-state index contributed by atoms with van der Waals surface area (Å²) in [6, 6.07) is 7.67. The molecule has 2 aliphatic heterocycles. The second-order valence-electron chi connectivity index (χ2n) is 6.31. The Morgan fingerprint density at radius 3 is 2.45 bits per heavy atom. The van der Waals surface area contributed by atoms with Crippen LogP contribution in [0.5, 0.6) is 0 Å². The van der Waals surface area contributed by atoms with Gasteiger partial charge in [-0.15, -0.1) is 0 Å². The molecule has 2 aliphatic rings. The third kappa shape index (κ3) is 3.46. The van der Waals surface area contributed by atoms with Crippen LogP contribution in [0.4, 0.5) is 8.78 Å². The summed E-state index contributed by atoms with van der Waals surface area (Å²) in [5, 5.41) is 3.38. The predicted molar refractivity (Wildman–Crippen MR) is 81.4 cm³/mol. The van der Waals surface area contributed by atoms with E-state index in [9.17, 15) is 13.6 Å². The van der Waals surface area contributed by atoms with E-state index in [1.807, 2.05) is 24.3 Å². The maximum Gasteiger partial charge on any atom is 0.253 e. The number of nitrogens with one attached hydrogen (secondary N) is 1. The summed E-state index contributed by atoms with van der Waals surface area (Å²) < 4.78 is 26.3. The molecule has 2 saturated heterocycles. The highest BCUT2D eigenvalue weighted by Gasteiger charge is 2.35. The van der Waals surface area contributed by atoms with Crippen molar-refractivity contribution < 1.29 is 13.6 Å². The molecule has 3 rings (SSSR count). The Balaban J connectivity index is 1.63. The fourth-order valence-corrected chi connectivity index (χ4v) is 3.25. The zero-order valence-corrected chi connectivity index (χ0v) is 12.7. The number of carbonyl (C=O) groups is 1. The molecule has 1 atom stereocenters. The minimum Gasteiger partial charge on any atom is -0.338 e. The van der Waals surface area contributed by atoms with E-state index in [2.05, 4.69) is 5.32 Å². The number of piperidine rings is 2. The van der Waals surface area contributed by atoms with Crippen LogP contribution in [0, 0.1) is 0 Å². The molecule has 0 bridgehead atoms. The van der Waals surface area contributed by atoms with Crippen LogP contribution < -0.4 is 5.32 Å². The molecule has 1 unspecified atom stereocenters. The van der Waals surface area contributed by atoms with Crippen LogP contribution in [-0.4, -0.2) is 42.9 Å². The summed E-state index contributed by atoms with van der Waals surface area (Å²) in [7, 11) is 0. The molecule has 120 valence electrons. The van der Waals surface area contributed by atoms with Gasteiger partial charge in [-0.25, -0.2) is 8.78 Å². The van der Waals surface area contributed by atoms with Gasteiger partial charge in [0.15, 0.2) is 0 Å². The highest BCUT2D eigenvalue weighted by molar-refractivity contribution is 5.94. The highest BCUT2D eigenvalue weighted by atomic mass is 19.3. The molecule has 0 spiro atoms. The highest BCUT2D eigenvalue weighted by Crippen LogP contribution is 2.29. The van der Waals surface area contributed by atoms with E-state index in [1.165, 1.54) is 23.3 Å². The quantitative estimate of drug-likeness (QED) is 0.911. The first-order valence-corrected chi connectivity index (χ1v) is 8.03. The standard InChI is InChI=1S/C17H22F2N2O/c18-17(19)7-10-21(11-8-17)16(22)14-5-3-13(4-6-14)15-2-1-9-20-12-15/h3-6,15,20H,1-2,7-12H2. The van der Waals surface area contributed by atoms with Crippen LogP contribution in [-0.2, 0) is 0 Å². The van der Waals surface area contributed by atoms with Gasteiger partial charge in [-0.05, 0) is 43.0 Å². The molecule has 1 aromatic rings. The lowest BCUT2D eigenvalue weighted by Gasteiger charge is -2.31. The zero-order chi connectivity index (χ0) is 15.6. The average Bonchev–Trinajstić information content (AvgIpc) is 2.55. The van der Waals surface area contributed by atoms with Crippen molar-refractivity contribution in [2.45, 2.75) is 37.5 Å². The Morgan fingerprint density at radius 1 is 1.18 bits per heavy atom. The summed E-state index contributed by atoms with van der Waals surface area (Å²) in [6.07, 6.45) is 1.88. The second kappa shape index (κ2) is 6.32. The summed E-state index contributed by atoms with van der Waals surface area (Å²) in [5.41, 5.74) is 1.84. The third-order valence-electron chi connectivity index (χ3n) is 4.71. The van der Waals surface area contributed by atoms with Crippen LogP contribution in [0.15, 0.2) is 24.3 Å². The van der Waals surface area contributed by atoms with E-state index in [4.69, 9.17) is 0 Å². The van der Waals surface area contributed by atoms with Crippen molar-refractivity contribution in [2.75, 3.05) is 26.2 Å². The van der Waals surface area contributed by atoms with E-state index in [0.29, 0.717) is 11.5 Å². The summed E-state index contributed by atoms with van der Waals surface area (Å²) in [6.45, 7) is 2.33. The van der Waals surface area contributed by atoms with E-state index >= 15 is 0 Å². The van der Waals surface area contributed by atoms with Crippen molar-refractivity contribution in [1.29, 1.82) is 0 Å². The molecule has 2 heterocycles. The lowest BCUT2D eigenvalue weighted by atomic mass is 9.91. The Kier molecular flexibility index (Phi) is 4.43. The Labute approximate surface area is 129 Å². The van der Waals surface area contributed by atoms with Gasteiger partial charge in [0.25, 0.3) is 11.8 Å². The van der Waals surface area contributed by atoms with Crippen LogP contribution in [0.1, 0.15) is 47.5 Å². The maximum atomic E-state index is 13.2. The van der Waals surface area contributed by atoms with Gasteiger partial charge < -0.3 is 10.2 Å². The fraction of sp³-hybridized carbons (Fsp3) is 0.588. The lowest BCUT2D eigenvalue weighted by molar-refractivity contribution is -0.0494. The number of hydrogen-bond acceptors (Lipinski definition) is 2. The number of amides is 1. The molecule has 0 saturated carbocycles. The molecule has 2 fully saturated rings. The SMILES string of the molecule is O=C(c1ccc(C2CCCNC2)cc1)N1CCC(F)(F)CC1. The molecule has 3 nitrogen and oxygen atoms in total. The van der Waals surface area contributed by atoms with Gasteiger partial charge in [0.2, 0.25) is 0 Å². The van der Waals surface area contributed by atoms with Crippen LogP contribution in [0.25, 0.3) is 0 Å². The van der Waals surface area contributed by atoms with E-state index in [1.54, 1.807) is 0 Å². The van der Waals surface area contributed by atoms with Gasteiger partial charge in [-0.1, -0.05) is 12.1 Å². The molecule has 1 aromatic carbocycles. The molecule has 0 aromatic heterocycles. The van der Waals surface area contributed by atoms with Crippen molar-refractivity contribution >= 4 is 5.91 Å². The Hall–Kier alpha value is -1.49. The Morgan fingerprint density at radius 2 is 1.86 bits per heavy atom. The predicted octanol–water partition coefficient (Wildman–Crippen LogP) is 3.02. The second-order valence-corrected chi connectivity index (χ2v) is 6.31. The normalized spacial score (nSPS) is 25.0. The van der Waals surface area contributed by atoms with Crippen molar-refractivity contribution in [3.63, 3.8) is 0 Å². The number of rotatable bonds is 2. The molecule has 1 amide bonds. The number of carbonyl (C=O) groups excluding carboxylic acids is 1. The summed E-state index contributed by atoms with van der Waals surface area (Å²) >= 11 is 0. The van der Waals surface area contributed by atoms with Gasteiger partial charge >= 0.3 is 0 Å². The molecule has 5 heteroatoms. The maximum absolute atomic E-state index is 13.2. The van der Waals surface area contributed by atoms with Gasteiger partial charge in [0, 0.05) is 38.0 Å². The monoisotopic (exact) mass is 308 g/mol. The minimum atomic E-state index is -2.62. The molecular formula is C17H22F2N2O. The van der Waals surface area contributed by atoms with Crippen molar-refractivity contribution in [2.24, 2.45) is 0 Å². The first-order valence-electron chi connectivity index (χ1n) is 8.03. The van der Waals surface area contributed by atoms with Gasteiger partial charge in [0.05, 0.1) is 0 Å². The molecular weight excluding hydrogens is 286 g/mol. The van der Waals surface area contributed by atoms with Crippen molar-refractivity contribution in [1.82, 2.24) is 10.2 Å². The Bertz CT molecular complexity index is 514. The molecule has 22 heavy (non-hydrogen) atoms. The smallest absolute Gasteiger partial charge is 0.253 e. The number of alkyl halides is 2. The van der Waals surface area contributed by atoms with E-state index < -0.39 is 5.92 Å². The molecule has 1 N–H and O–H groups in total. The van der Waals surface area contributed by atoms with Crippen LogP contribution in [0.3, 0.4) is 0 Å². The number of halogens is 2. The van der Waals surface area contributed by atoms with Gasteiger partial charge in [-0.3, -0.25) is 4.79 Å². The third-order valence-corrected chi connectivity index (χ3v) is 4.71. The summed E-state index contributed by atoms with van der Waals surface area (Å²) in [5.74, 6) is -2.25. The minimum absolute atomic E-state index is 0.135. The summed E-state index contributed by atoms with van der Waals surface area (Å²) in [4.78, 5) is 13.9. The number of hydrogen-bond donors (Lipinski definition) is 1. The lowest BCUT2D eigenvalue weighted by Crippen LogP contribution is -2.42. The topological polar surface area (TPSA) is 32.3 Å². The van der Waals surface area contributed by atoms with Crippen molar-refractivity contribution in [3.8, 4) is 0 Å². The number of likely N-dealkylation sites (tertiary alicyclic amines) is 1. The first kappa shape index (κ1) is 15.4. The van der Waals surface area contributed by atoms with E-state index in [-0.39, 0.29) is 31.8 Å². The van der Waals surface area contributed by atoms with Crippen LogP contribution in [0.2, 0.25) is 0 Å². The largest absolute Gasteiger partial charge is 0.338 e. The molecule has 0 radical (unpaired) electrons. The van der Waals surface area contributed by atoms with Gasteiger partial charge in [-0.2, -0.15) is 0 Å². The number of benzene rings is 1. The van der Waals surface area contributed by atoms with E-state index in [0.717, 1.165) is 13.1 Å². The molecule has 0 aliphatic carbocycles. The zero-order valence-electron chi connectivity index (χ0n) is 12.7. The van der Waals surface area contributed by atoms with Crippen molar-refractivity contribution in [3.05, 3.63) is 35.4 Å². The van der Waals surface area contributed by atoms with Crippen LogP contribution >= 0.6 is 0 Å². The fourth-order valence-electron chi connectivity index (χ4n) is 3.25. The average molecular weight is 308 g/mol. The number of nitrogens with zero attached hydrogens (tertiary/aromatic N) is 1. The van der Waals surface area contributed by atoms with Gasteiger partial charge in [0.1, 0.15) is 0 Å².